The zero-order valence-electron chi connectivity index (χ0n) is 16.3. The molecule has 5 heteroatoms. The molecule has 0 saturated carbocycles. The summed E-state index contributed by atoms with van der Waals surface area (Å²) in [4.78, 5) is 26.3. The Bertz CT molecular complexity index is 730. The topological polar surface area (TPSA) is 54.3 Å². The van der Waals surface area contributed by atoms with Crippen LogP contribution in [0.2, 0.25) is 0 Å². The zero-order chi connectivity index (χ0) is 18.9. The number of anilines is 1. The van der Waals surface area contributed by atoms with E-state index in [1.165, 1.54) is 5.52 Å². The molecule has 0 saturated heterocycles. The lowest BCUT2D eigenvalue weighted by Crippen LogP contribution is -2.32. The Kier molecular flexibility index (Phi) is 7.70. The first kappa shape index (κ1) is 20.0. The smallest absolute Gasteiger partial charge is 0.224 e. The van der Waals surface area contributed by atoms with Crippen LogP contribution in [0.5, 0.6) is 0 Å². The Labute approximate surface area is 156 Å². The monoisotopic (exact) mass is 357 g/mol. The van der Waals surface area contributed by atoms with E-state index in [1.54, 1.807) is 0 Å². The zero-order valence-corrected chi connectivity index (χ0v) is 16.3. The van der Waals surface area contributed by atoms with Gasteiger partial charge in [0, 0.05) is 55.3 Å². The van der Waals surface area contributed by atoms with Crippen molar-refractivity contribution in [3.8, 4) is 0 Å². The molecule has 1 heterocycles. The highest BCUT2D eigenvalue weighted by Crippen LogP contribution is 2.20. The summed E-state index contributed by atoms with van der Waals surface area (Å²) in [5.41, 5.74) is 1.98. The van der Waals surface area contributed by atoms with Gasteiger partial charge in [0.15, 0.2) is 0 Å². The number of aromatic nitrogens is 1. The van der Waals surface area contributed by atoms with Crippen LogP contribution < -0.4 is 5.32 Å². The molecule has 1 aromatic heterocycles. The summed E-state index contributed by atoms with van der Waals surface area (Å²) < 4.78 is 2.17. The van der Waals surface area contributed by atoms with Gasteiger partial charge in [-0.25, -0.2) is 0 Å². The molecule has 0 aliphatic rings. The Morgan fingerprint density at radius 1 is 1.04 bits per heavy atom. The minimum atomic E-state index is -0.0374. The number of aryl methyl sites for hydroxylation is 1. The number of benzene rings is 1. The van der Waals surface area contributed by atoms with Crippen LogP contribution in [0.4, 0.5) is 5.69 Å². The average Bonchev–Trinajstić information content (AvgIpc) is 3.03. The number of rotatable bonds is 10. The lowest BCUT2D eigenvalue weighted by atomic mass is 10.2. The number of amides is 2. The number of nitrogens with zero attached hydrogens (tertiary/aromatic N) is 2. The van der Waals surface area contributed by atoms with Gasteiger partial charge in [-0.15, -0.1) is 0 Å². The highest BCUT2D eigenvalue weighted by Gasteiger charge is 2.12. The first-order valence-corrected chi connectivity index (χ1v) is 9.75. The van der Waals surface area contributed by atoms with Crippen molar-refractivity contribution in [2.24, 2.45) is 0 Å². The number of fused-ring (bicyclic) bond motifs is 1. The quantitative estimate of drug-likeness (QED) is 0.684. The second kappa shape index (κ2) is 10.00. The minimum Gasteiger partial charge on any atom is -0.348 e. The van der Waals surface area contributed by atoms with E-state index in [0.29, 0.717) is 19.3 Å². The number of carbonyl (C=O) groups is 2. The summed E-state index contributed by atoms with van der Waals surface area (Å²) in [6.45, 7) is 8.80. The van der Waals surface area contributed by atoms with E-state index in [1.807, 2.05) is 23.1 Å². The van der Waals surface area contributed by atoms with Crippen molar-refractivity contribution >= 4 is 28.4 Å². The van der Waals surface area contributed by atoms with E-state index in [2.05, 4.69) is 42.9 Å². The van der Waals surface area contributed by atoms with Gasteiger partial charge < -0.3 is 14.8 Å². The molecule has 0 atom stereocenters. The molecule has 2 amide bonds. The molecule has 2 rings (SSSR count). The third kappa shape index (κ3) is 5.35. The van der Waals surface area contributed by atoms with Gasteiger partial charge in [-0.3, -0.25) is 9.59 Å². The summed E-state index contributed by atoms with van der Waals surface area (Å²) in [7, 11) is 0. The lowest BCUT2D eigenvalue weighted by molar-refractivity contribution is -0.131. The third-order valence-electron chi connectivity index (χ3n) is 4.53. The lowest BCUT2D eigenvalue weighted by Gasteiger charge is -2.21. The Morgan fingerprint density at radius 3 is 2.42 bits per heavy atom. The molecule has 26 heavy (non-hydrogen) atoms. The molecule has 0 radical (unpaired) electrons. The molecule has 0 bridgehead atoms. The fraction of sp³-hybridized carbons (Fsp3) is 0.524. The molecule has 0 aliphatic heterocycles. The summed E-state index contributed by atoms with van der Waals surface area (Å²) in [6.07, 6.45) is 5.38. The van der Waals surface area contributed by atoms with Gasteiger partial charge >= 0.3 is 0 Å². The van der Waals surface area contributed by atoms with E-state index < -0.39 is 0 Å². The van der Waals surface area contributed by atoms with Gasteiger partial charge in [-0.1, -0.05) is 13.8 Å². The van der Waals surface area contributed by atoms with Gasteiger partial charge in [0.25, 0.3) is 0 Å². The molecule has 1 aromatic carbocycles. The van der Waals surface area contributed by atoms with Crippen molar-refractivity contribution in [3.05, 3.63) is 30.5 Å². The Balaban J connectivity index is 1.82. The fourth-order valence-corrected chi connectivity index (χ4v) is 3.24. The second-order valence-corrected chi connectivity index (χ2v) is 6.66. The number of carbonyl (C=O) groups excluding carboxylic acids is 2. The van der Waals surface area contributed by atoms with Crippen molar-refractivity contribution in [1.29, 1.82) is 0 Å². The van der Waals surface area contributed by atoms with Gasteiger partial charge in [-0.2, -0.15) is 0 Å². The van der Waals surface area contributed by atoms with Crippen LogP contribution in [0.25, 0.3) is 10.9 Å². The van der Waals surface area contributed by atoms with Crippen molar-refractivity contribution in [1.82, 2.24) is 9.47 Å². The highest BCUT2D eigenvalue weighted by molar-refractivity contribution is 5.94. The maximum atomic E-state index is 12.2. The first-order chi connectivity index (χ1) is 12.6. The van der Waals surface area contributed by atoms with Crippen LogP contribution in [0.1, 0.15) is 52.9 Å². The summed E-state index contributed by atoms with van der Waals surface area (Å²) in [5.74, 6) is 0.119. The minimum absolute atomic E-state index is 0.0374. The van der Waals surface area contributed by atoms with Gasteiger partial charge in [0.05, 0.1) is 0 Å². The van der Waals surface area contributed by atoms with E-state index in [4.69, 9.17) is 0 Å². The largest absolute Gasteiger partial charge is 0.348 e. The molecular formula is C21H31N3O2. The second-order valence-electron chi connectivity index (χ2n) is 6.66. The normalized spacial score (nSPS) is 10.9. The Hall–Kier alpha value is -2.30. The summed E-state index contributed by atoms with van der Waals surface area (Å²) >= 11 is 0. The van der Waals surface area contributed by atoms with Crippen molar-refractivity contribution < 1.29 is 9.59 Å². The standard InChI is InChI=1S/C21H31N3O2/c1-4-13-24(14-5-2)21(26)9-7-8-20(25)22-18-10-11-19-17(16-18)12-15-23(19)6-3/h10-12,15-16H,4-9,13-14H2,1-3H3,(H,22,25). The van der Waals surface area contributed by atoms with Crippen molar-refractivity contribution in [3.63, 3.8) is 0 Å². The average molecular weight is 357 g/mol. The van der Waals surface area contributed by atoms with Gasteiger partial charge in [-0.05, 0) is 50.5 Å². The van der Waals surface area contributed by atoms with E-state index in [9.17, 15) is 9.59 Å². The molecule has 0 aliphatic carbocycles. The summed E-state index contributed by atoms with van der Waals surface area (Å²) in [6, 6.07) is 8.02. The summed E-state index contributed by atoms with van der Waals surface area (Å²) in [5, 5.41) is 4.06. The van der Waals surface area contributed by atoms with Crippen LogP contribution in [-0.4, -0.2) is 34.4 Å². The molecule has 0 unspecified atom stereocenters. The molecule has 0 spiro atoms. The predicted molar refractivity (Wildman–Crippen MR) is 107 cm³/mol. The molecule has 0 fully saturated rings. The maximum absolute atomic E-state index is 12.2. The third-order valence-corrected chi connectivity index (χ3v) is 4.53. The number of hydrogen-bond donors (Lipinski definition) is 1. The molecule has 1 N–H and O–H groups in total. The molecule has 5 nitrogen and oxygen atoms in total. The van der Waals surface area contributed by atoms with Crippen molar-refractivity contribution in [2.75, 3.05) is 18.4 Å². The highest BCUT2D eigenvalue weighted by atomic mass is 16.2. The number of hydrogen-bond acceptors (Lipinski definition) is 2. The van der Waals surface area contributed by atoms with E-state index >= 15 is 0 Å². The van der Waals surface area contributed by atoms with Crippen LogP contribution in [0.3, 0.4) is 0 Å². The van der Waals surface area contributed by atoms with Gasteiger partial charge in [0.2, 0.25) is 11.8 Å². The fourth-order valence-electron chi connectivity index (χ4n) is 3.24. The first-order valence-electron chi connectivity index (χ1n) is 9.75. The predicted octanol–water partition coefficient (Wildman–Crippen LogP) is 4.42. The molecule has 2 aromatic rings. The van der Waals surface area contributed by atoms with E-state index in [-0.39, 0.29) is 11.8 Å². The van der Waals surface area contributed by atoms with Crippen LogP contribution in [-0.2, 0) is 16.1 Å². The van der Waals surface area contributed by atoms with Crippen LogP contribution >= 0.6 is 0 Å². The van der Waals surface area contributed by atoms with Crippen molar-refractivity contribution in [2.45, 2.75) is 59.4 Å². The number of nitrogens with one attached hydrogen (secondary N) is 1. The Morgan fingerprint density at radius 2 is 1.77 bits per heavy atom. The van der Waals surface area contributed by atoms with E-state index in [0.717, 1.165) is 43.5 Å². The molecule has 142 valence electrons. The maximum Gasteiger partial charge on any atom is 0.224 e. The SMILES string of the molecule is CCCN(CCC)C(=O)CCCC(=O)Nc1ccc2c(ccn2CC)c1. The molecular weight excluding hydrogens is 326 g/mol. The van der Waals surface area contributed by atoms with Crippen LogP contribution in [0.15, 0.2) is 30.5 Å². The van der Waals surface area contributed by atoms with Crippen LogP contribution in [0, 0.1) is 0 Å². The van der Waals surface area contributed by atoms with Gasteiger partial charge in [0.1, 0.15) is 0 Å².